The van der Waals surface area contributed by atoms with E-state index in [1.165, 1.54) is 6.42 Å². The monoisotopic (exact) mass is 129 g/mol. The van der Waals surface area contributed by atoms with E-state index in [0.717, 1.165) is 12.5 Å². The van der Waals surface area contributed by atoms with Crippen LogP contribution in [-0.2, 0) is 0 Å². The Balaban J connectivity index is 3.06. The van der Waals surface area contributed by atoms with Crippen molar-refractivity contribution >= 4 is 0 Å². The van der Waals surface area contributed by atoms with Crippen molar-refractivity contribution < 1.29 is 0 Å². The molecule has 0 aliphatic heterocycles. The zero-order valence-electron chi connectivity index (χ0n) is 7.07. The molecule has 1 heteroatoms. The Hall–Kier alpha value is -0.0400. The van der Waals surface area contributed by atoms with E-state index in [4.69, 9.17) is 0 Å². The molecule has 0 aliphatic carbocycles. The SMILES string of the molecule is CC[C@H](C)CNC(C)C. The zero-order valence-corrected chi connectivity index (χ0v) is 7.07. The van der Waals surface area contributed by atoms with Gasteiger partial charge in [-0.15, -0.1) is 0 Å². The lowest BCUT2D eigenvalue weighted by Gasteiger charge is -2.11. The van der Waals surface area contributed by atoms with Crippen molar-refractivity contribution in [3.63, 3.8) is 0 Å². The molecule has 9 heavy (non-hydrogen) atoms. The van der Waals surface area contributed by atoms with Crippen molar-refractivity contribution in [3.8, 4) is 0 Å². The predicted molar refractivity (Wildman–Crippen MR) is 42.6 cm³/mol. The first-order valence-electron chi connectivity index (χ1n) is 3.90. The van der Waals surface area contributed by atoms with Gasteiger partial charge in [-0.3, -0.25) is 0 Å². The third-order valence-electron chi connectivity index (χ3n) is 1.57. The van der Waals surface area contributed by atoms with Crippen molar-refractivity contribution in [2.24, 2.45) is 5.92 Å². The molecule has 0 heterocycles. The molecule has 1 N–H and O–H groups in total. The van der Waals surface area contributed by atoms with Gasteiger partial charge in [0.25, 0.3) is 0 Å². The molecule has 0 spiro atoms. The highest BCUT2D eigenvalue weighted by atomic mass is 14.9. The Morgan fingerprint density at radius 3 is 2.11 bits per heavy atom. The molecule has 1 atom stereocenters. The number of nitrogens with one attached hydrogen (secondary N) is 1. The maximum atomic E-state index is 3.40. The van der Waals surface area contributed by atoms with E-state index >= 15 is 0 Å². The molecule has 0 radical (unpaired) electrons. The maximum Gasteiger partial charge on any atom is 0.00104 e. The van der Waals surface area contributed by atoms with Crippen LogP contribution in [0.25, 0.3) is 0 Å². The second kappa shape index (κ2) is 4.80. The molecule has 0 fully saturated rings. The van der Waals surface area contributed by atoms with E-state index in [9.17, 15) is 0 Å². The van der Waals surface area contributed by atoms with Crippen LogP contribution in [0, 0.1) is 5.92 Å². The van der Waals surface area contributed by atoms with Crippen LogP contribution in [0.15, 0.2) is 0 Å². The smallest absolute Gasteiger partial charge is 0.00104 e. The summed E-state index contributed by atoms with van der Waals surface area (Å²) in [6.07, 6.45) is 1.28. The van der Waals surface area contributed by atoms with Gasteiger partial charge in [0.05, 0.1) is 0 Å². The lowest BCUT2D eigenvalue weighted by Crippen LogP contribution is -2.27. The van der Waals surface area contributed by atoms with Gasteiger partial charge in [0.1, 0.15) is 0 Å². The van der Waals surface area contributed by atoms with E-state index in [0.29, 0.717) is 6.04 Å². The minimum Gasteiger partial charge on any atom is -0.314 e. The topological polar surface area (TPSA) is 12.0 Å². The number of hydrogen-bond donors (Lipinski definition) is 1. The lowest BCUT2D eigenvalue weighted by molar-refractivity contribution is 0.468. The molecule has 56 valence electrons. The minimum absolute atomic E-state index is 0.638. The van der Waals surface area contributed by atoms with Crippen molar-refractivity contribution in [3.05, 3.63) is 0 Å². The summed E-state index contributed by atoms with van der Waals surface area (Å²) in [7, 11) is 0. The molecule has 0 rings (SSSR count). The third kappa shape index (κ3) is 5.84. The zero-order chi connectivity index (χ0) is 7.28. The van der Waals surface area contributed by atoms with Gasteiger partial charge in [-0.25, -0.2) is 0 Å². The van der Waals surface area contributed by atoms with E-state index in [1.54, 1.807) is 0 Å². The van der Waals surface area contributed by atoms with Gasteiger partial charge in [-0.05, 0) is 12.5 Å². The Morgan fingerprint density at radius 1 is 1.22 bits per heavy atom. The molecule has 0 aromatic rings. The van der Waals surface area contributed by atoms with Crippen LogP contribution in [-0.4, -0.2) is 12.6 Å². The van der Waals surface area contributed by atoms with Crippen LogP contribution in [0.4, 0.5) is 0 Å². The molecule has 0 unspecified atom stereocenters. The lowest BCUT2D eigenvalue weighted by atomic mass is 10.1. The number of hydrogen-bond acceptors (Lipinski definition) is 1. The molecule has 1 nitrogen and oxygen atoms in total. The average Bonchev–Trinajstić information content (AvgIpc) is 1.83. The Morgan fingerprint density at radius 2 is 1.78 bits per heavy atom. The largest absolute Gasteiger partial charge is 0.314 e. The summed E-state index contributed by atoms with van der Waals surface area (Å²) in [4.78, 5) is 0. The molecule has 0 saturated carbocycles. The van der Waals surface area contributed by atoms with Crippen LogP contribution in [0.1, 0.15) is 34.1 Å². The predicted octanol–water partition coefficient (Wildman–Crippen LogP) is 2.03. The van der Waals surface area contributed by atoms with Crippen LogP contribution < -0.4 is 5.32 Å². The molecular formula is C8H19N. The summed E-state index contributed by atoms with van der Waals surface area (Å²) in [5, 5.41) is 3.40. The van der Waals surface area contributed by atoms with Gasteiger partial charge in [0, 0.05) is 6.04 Å². The highest BCUT2D eigenvalue weighted by molar-refractivity contribution is 4.57. The molecule has 0 bridgehead atoms. The van der Waals surface area contributed by atoms with Crippen molar-refractivity contribution in [2.45, 2.75) is 40.2 Å². The second-order valence-corrected chi connectivity index (χ2v) is 3.08. The fourth-order valence-electron chi connectivity index (χ4n) is 0.581. The highest BCUT2D eigenvalue weighted by Crippen LogP contribution is 1.97. The fourth-order valence-corrected chi connectivity index (χ4v) is 0.581. The number of rotatable bonds is 4. The molecule has 0 amide bonds. The van der Waals surface area contributed by atoms with Gasteiger partial charge >= 0.3 is 0 Å². The molecule has 0 saturated heterocycles. The van der Waals surface area contributed by atoms with Crippen LogP contribution >= 0.6 is 0 Å². The van der Waals surface area contributed by atoms with Crippen LogP contribution in [0.2, 0.25) is 0 Å². The quantitative estimate of drug-likeness (QED) is 0.612. The van der Waals surface area contributed by atoms with Crippen LogP contribution in [0.3, 0.4) is 0 Å². The second-order valence-electron chi connectivity index (χ2n) is 3.08. The minimum atomic E-state index is 0.638. The van der Waals surface area contributed by atoms with E-state index < -0.39 is 0 Å². The average molecular weight is 129 g/mol. The summed E-state index contributed by atoms with van der Waals surface area (Å²) in [6, 6.07) is 0.638. The Labute approximate surface area is 58.8 Å². The first-order valence-corrected chi connectivity index (χ1v) is 3.90. The molecule has 0 aromatic heterocycles. The van der Waals surface area contributed by atoms with Gasteiger partial charge in [-0.2, -0.15) is 0 Å². The molecule has 0 aromatic carbocycles. The highest BCUT2D eigenvalue weighted by Gasteiger charge is 1.97. The fraction of sp³-hybridized carbons (Fsp3) is 1.00. The van der Waals surface area contributed by atoms with Gasteiger partial charge in [-0.1, -0.05) is 34.1 Å². The molecule has 0 aliphatic rings. The van der Waals surface area contributed by atoms with Crippen molar-refractivity contribution in [1.82, 2.24) is 5.32 Å². The van der Waals surface area contributed by atoms with Gasteiger partial charge in [0.15, 0.2) is 0 Å². The van der Waals surface area contributed by atoms with Crippen molar-refractivity contribution in [2.75, 3.05) is 6.54 Å². The van der Waals surface area contributed by atoms with Crippen molar-refractivity contribution in [1.29, 1.82) is 0 Å². The normalized spacial score (nSPS) is 14.3. The molecular weight excluding hydrogens is 110 g/mol. The first kappa shape index (κ1) is 8.96. The summed E-state index contributed by atoms with van der Waals surface area (Å²) in [6.45, 7) is 10.0. The van der Waals surface area contributed by atoms with Crippen LogP contribution in [0.5, 0.6) is 0 Å². The van der Waals surface area contributed by atoms with Gasteiger partial charge < -0.3 is 5.32 Å². The third-order valence-corrected chi connectivity index (χ3v) is 1.57. The summed E-state index contributed by atoms with van der Waals surface area (Å²) >= 11 is 0. The standard InChI is InChI=1S/C8H19N/c1-5-8(4)6-9-7(2)3/h7-9H,5-6H2,1-4H3/t8-/m0/s1. The Kier molecular flexibility index (Phi) is 4.78. The Bertz CT molecular complexity index is 59.6. The summed E-state index contributed by atoms with van der Waals surface area (Å²) in [5.41, 5.74) is 0. The summed E-state index contributed by atoms with van der Waals surface area (Å²) < 4.78 is 0. The maximum absolute atomic E-state index is 3.40. The first-order chi connectivity index (χ1) is 4.16. The van der Waals surface area contributed by atoms with E-state index in [1.807, 2.05) is 0 Å². The van der Waals surface area contributed by atoms with E-state index in [-0.39, 0.29) is 0 Å². The van der Waals surface area contributed by atoms with Gasteiger partial charge in [0.2, 0.25) is 0 Å². The summed E-state index contributed by atoms with van der Waals surface area (Å²) in [5.74, 6) is 0.826. The van der Waals surface area contributed by atoms with E-state index in [2.05, 4.69) is 33.0 Å².